The number of rotatable bonds is 6. The highest BCUT2D eigenvalue weighted by Crippen LogP contribution is 2.58. The number of hydrogen-bond donors (Lipinski definition) is 0. The maximum Gasteiger partial charge on any atom is 0.510 e. The second kappa shape index (κ2) is 12.3. The van der Waals surface area contributed by atoms with Crippen molar-refractivity contribution in [2.75, 3.05) is 0 Å². The summed E-state index contributed by atoms with van der Waals surface area (Å²) < 4.78 is 153. The quantitative estimate of drug-likeness (QED) is 0.124. The Hall–Kier alpha value is -2.88. The van der Waals surface area contributed by atoms with E-state index in [1.54, 1.807) is 0 Å². The van der Waals surface area contributed by atoms with Crippen molar-refractivity contribution in [2.45, 2.75) is 122 Å². The van der Waals surface area contributed by atoms with Gasteiger partial charge in [-0.3, -0.25) is 0 Å². The third-order valence-corrected chi connectivity index (χ3v) is 6.36. The standard InChI is InChI=1S/C26H35F9O8/c1-13(2)17(36)39-16-11-14(22(9,24(27,28)29)42-18(37)40-20(3,4)5)10-15(12-16)23(25(30,31)32,26(33,34)35)43-19(38)41-21(6,7)8/h14-16H,1,10-12H2,2-9H3. The van der Waals surface area contributed by atoms with Crippen LogP contribution in [0.25, 0.3) is 0 Å². The second-order valence-electron chi connectivity index (χ2n) is 12.4. The topological polar surface area (TPSA) is 97.4 Å². The van der Waals surface area contributed by atoms with Crippen molar-refractivity contribution in [1.29, 1.82) is 0 Å². The molecule has 0 heterocycles. The van der Waals surface area contributed by atoms with Crippen molar-refractivity contribution >= 4 is 18.3 Å². The highest BCUT2D eigenvalue weighted by atomic mass is 19.4. The molecule has 4 unspecified atom stereocenters. The summed E-state index contributed by atoms with van der Waals surface area (Å²) in [6.45, 7) is 11.7. The molecular formula is C26H35F9O8. The Labute approximate surface area is 242 Å². The van der Waals surface area contributed by atoms with Crippen molar-refractivity contribution in [2.24, 2.45) is 11.8 Å². The average Bonchev–Trinajstić information content (AvgIpc) is 2.71. The van der Waals surface area contributed by atoms with Crippen LogP contribution in [-0.2, 0) is 28.5 Å². The molecule has 0 N–H and O–H groups in total. The predicted octanol–water partition coefficient (Wildman–Crippen LogP) is 7.98. The van der Waals surface area contributed by atoms with E-state index in [0.29, 0.717) is 0 Å². The Morgan fingerprint density at radius 1 is 0.605 bits per heavy atom. The molecule has 43 heavy (non-hydrogen) atoms. The molecular weight excluding hydrogens is 611 g/mol. The van der Waals surface area contributed by atoms with E-state index in [0.717, 1.165) is 27.7 Å². The normalized spacial score (nSPS) is 22.1. The SMILES string of the molecule is C=C(C)C(=O)OC1CC(C(C)(OC(=O)OC(C)(C)C)C(F)(F)F)CC(C(OC(=O)OC(C)(C)C)(C(F)(F)F)C(F)(F)F)C1. The minimum atomic E-state index is -6.47. The minimum Gasteiger partial charge on any atom is -0.459 e. The number of esters is 1. The second-order valence-corrected chi connectivity index (χ2v) is 12.4. The first-order chi connectivity index (χ1) is 18.9. The van der Waals surface area contributed by atoms with Gasteiger partial charge in [0.05, 0.1) is 0 Å². The first-order valence-corrected chi connectivity index (χ1v) is 12.8. The maximum atomic E-state index is 14.5. The zero-order chi connectivity index (χ0) is 34.2. The lowest BCUT2D eigenvalue weighted by molar-refractivity contribution is -0.392. The minimum absolute atomic E-state index is 0.235. The number of ether oxygens (including phenoxy) is 5. The van der Waals surface area contributed by atoms with Crippen LogP contribution >= 0.6 is 0 Å². The molecule has 1 rings (SSSR count). The van der Waals surface area contributed by atoms with E-state index >= 15 is 0 Å². The third kappa shape index (κ3) is 9.30. The van der Waals surface area contributed by atoms with Crippen molar-refractivity contribution in [3.05, 3.63) is 12.2 Å². The molecule has 0 aliphatic heterocycles. The summed E-state index contributed by atoms with van der Waals surface area (Å²) in [5.41, 5.74) is -12.6. The van der Waals surface area contributed by atoms with Crippen LogP contribution < -0.4 is 0 Å². The van der Waals surface area contributed by atoms with Crippen molar-refractivity contribution in [3.8, 4) is 0 Å². The van der Waals surface area contributed by atoms with Crippen LogP contribution in [0, 0.1) is 11.8 Å². The first-order valence-electron chi connectivity index (χ1n) is 12.8. The van der Waals surface area contributed by atoms with Gasteiger partial charge >= 0.3 is 42.4 Å². The van der Waals surface area contributed by atoms with Crippen molar-refractivity contribution in [3.63, 3.8) is 0 Å². The Balaban J connectivity index is 3.91. The summed E-state index contributed by atoms with van der Waals surface area (Å²) in [6, 6.07) is 0. The summed E-state index contributed by atoms with van der Waals surface area (Å²) in [4.78, 5) is 36.8. The van der Waals surface area contributed by atoms with Gasteiger partial charge in [-0.25, -0.2) is 14.4 Å². The lowest BCUT2D eigenvalue weighted by Crippen LogP contribution is -2.67. The highest BCUT2D eigenvalue weighted by molar-refractivity contribution is 5.87. The van der Waals surface area contributed by atoms with E-state index in [2.05, 4.69) is 20.8 Å². The molecule has 17 heteroatoms. The van der Waals surface area contributed by atoms with Gasteiger partial charge in [0.1, 0.15) is 17.3 Å². The number of halogens is 9. The predicted molar refractivity (Wildman–Crippen MR) is 129 cm³/mol. The Morgan fingerprint density at radius 2 is 1.00 bits per heavy atom. The Bertz CT molecular complexity index is 1040. The summed E-state index contributed by atoms with van der Waals surface area (Å²) in [7, 11) is 0. The fraction of sp³-hybridized carbons (Fsp3) is 0.808. The average molecular weight is 647 g/mol. The van der Waals surface area contributed by atoms with Crippen molar-refractivity contribution in [1.82, 2.24) is 0 Å². The molecule has 0 aromatic heterocycles. The number of carbonyl (C=O) groups is 3. The van der Waals surface area contributed by atoms with E-state index in [-0.39, 0.29) is 12.5 Å². The third-order valence-electron chi connectivity index (χ3n) is 6.36. The maximum absolute atomic E-state index is 14.5. The van der Waals surface area contributed by atoms with Crippen LogP contribution in [0.4, 0.5) is 49.1 Å². The largest absolute Gasteiger partial charge is 0.510 e. The molecule has 0 saturated heterocycles. The van der Waals surface area contributed by atoms with Gasteiger partial charge in [-0.2, -0.15) is 39.5 Å². The lowest BCUT2D eigenvalue weighted by atomic mass is 9.66. The molecule has 0 spiro atoms. The fourth-order valence-electron chi connectivity index (χ4n) is 4.44. The number of carbonyl (C=O) groups excluding carboxylic acids is 3. The first kappa shape index (κ1) is 38.1. The van der Waals surface area contributed by atoms with E-state index < -0.39 is 96.4 Å². The molecule has 0 aromatic carbocycles. The van der Waals surface area contributed by atoms with Gasteiger partial charge in [-0.05, 0) is 74.7 Å². The van der Waals surface area contributed by atoms with Gasteiger partial charge in [0.25, 0.3) is 0 Å². The molecule has 0 radical (unpaired) electrons. The van der Waals surface area contributed by atoms with E-state index in [1.807, 2.05) is 0 Å². The van der Waals surface area contributed by atoms with Gasteiger partial charge < -0.3 is 23.7 Å². The Morgan fingerprint density at radius 3 is 1.35 bits per heavy atom. The van der Waals surface area contributed by atoms with Crippen LogP contribution in [0.1, 0.15) is 74.7 Å². The molecule has 1 aliphatic carbocycles. The number of alkyl halides is 9. The molecule has 8 nitrogen and oxygen atoms in total. The smallest absolute Gasteiger partial charge is 0.459 e. The molecule has 0 bridgehead atoms. The molecule has 1 fully saturated rings. The van der Waals surface area contributed by atoms with E-state index in [4.69, 9.17) is 9.47 Å². The van der Waals surface area contributed by atoms with Gasteiger partial charge in [0.2, 0.25) is 5.60 Å². The van der Waals surface area contributed by atoms with Crippen LogP contribution in [0.15, 0.2) is 12.2 Å². The van der Waals surface area contributed by atoms with Crippen LogP contribution in [0.3, 0.4) is 0 Å². The zero-order valence-electron chi connectivity index (χ0n) is 24.7. The molecule has 0 aromatic rings. The van der Waals surface area contributed by atoms with Crippen molar-refractivity contribution < 1.29 is 77.6 Å². The Kier molecular flexibility index (Phi) is 10.9. The van der Waals surface area contributed by atoms with Crippen LogP contribution in [0.5, 0.6) is 0 Å². The van der Waals surface area contributed by atoms with Crippen LogP contribution in [-0.4, -0.2) is 65.3 Å². The summed E-state index contributed by atoms with van der Waals surface area (Å²) in [5, 5.41) is 0. The van der Waals surface area contributed by atoms with E-state index in [9.17, 15) is 53.9 Å². The fourth-order valence-corrected chi connectivity index (χ4v) is 4.44. The monoisotopic (exact) mass is 646 g/mol. The van der Waals surface area contributed by atoms with Gasteiger partial charge in [0, 0.05) is 17.4 Å². The molecule has 250 valence electrons. The zero-order valence-corrected chi connectivity index (χ0v) is 24.7. The summed E-state index contributed by atoms with van der Waals surface area (Å²) in [5.74, 6) is -6.79. The highest BCUT2D eigenvalue weighted by Gasteiger charge is 2.79. The summed E-state index contributed by atoms with van der Waals surface area (Å²) in [6.07, 6.45) is -28.9. The van der Waals surface area contributed by atoms with Gasteiger partial charge in [-0.15, -0.1) is 0 Å². The summed E-state index contributed by atoms with van der Waals surface area (Å²) >= 11 is 0. The molecule has 4 atom stereocenters. The van der Waals surface area contributed by atoms with E-state index in [1.165, 1.54) is 20.8 Å². The van der Waals surface area contributed by atoms with Gasteiger partial charge in [-0.1, -0.05) is 6.58 Å². The molecule has 1 aliphatic rings. The van der Waals surface area contributed by atoms with Gasteiger partial charge in [0.15, 0.2) is 0 Å². The number of hydrogen-bond acceptors (Lipinski definition) is 8. The lowest BCUT2D eigenvalue weighted by Gasteiger charge is -2.49. The molecule has 1 saturated carbocycles. The molecule has 0 amide bonds. The van der Waals surface area contributed by atoms with Crippen LogP contribution in [0.2, 0.25) is 0 Å².